The van der Waals surface area contributed by atoms with E-state index in [1.807, 2.05) is 13.0 Å². The molecule has 0 heterocycles. The fraction of sp³-hybridized carbons (Fsp3) is 0.533. The van der Waals surface area contributed by atoms with Crippen molar-refractivity contribution in [1.82, 2.24) is 0 Å². The van der Waals surface area contributed by atoms with Gasteiger partial charge < -0.3 is 14.6 Å². The lowest BCUT2D eigenvalue weighted by molar-refractivity contribution is -0.143. The summed E-state index contributed by atoms with van der Waals surface area (Å²) in [6.07, 6.45) is 3.25. The Balaban J connectivity index is 2.50. The highest BCUT2D eigenvalue weighted by molar-refractivity contribution is 5.83. The monoisotopic (exact) mass is 264 g/mol. The number of benzene rings is 1. The molecule has 1 aliphatic carbocycles. The molecule has 0 radical (unpaired) electrons. The number of rotatable bonds is 5. The van der Waals surface area contributed by atoms with E-state index in [0.717, 1.165) is 18.4 Å². The van der Waals surface area contributed by atoms with Gasteiger partial charge in [0, 0.05) is 11.6 Å². The Labute approximate surface area is 113 Å². The fourth-order valence-corrected chi connectivity index (χ4v) is 2.88. The normalized spacial score (nSPS) is 17.2. The van der Waals surface area contributed by atoms with Crippen LogP contribution in [-0.4, -0.2) is 24.8 Å². The molecule has 1 N–H and O–H groups in total. The Morgan fingerprint density at radius 3 is 2.58 bits per heavy atom. The molecule has 0 aliphatic heterocycles. The molecule has 1 fully saturated rings. The molecule has 4 nitrogen and oxygen atoms in total. The molecule has 2 rings (SSSR count). The molecule has 0 bridgehead atoms. The number of carboxylic acid groups (broad SMARTS) is 1. The van der Waals surface area contributed by atoms with Crippen LogP contribution in [0.5, 0.6) is 11.5 Å². The van der Waals surface area contributed by atoms with Gasteiger partial charge in [0.25, 0.3) is 0 Å². The Morgan fingerprint density at radius 2 is 2.05 bits per heavy atom. The molecule has 1 aromatic carbocycles. The Morgan fingerprint density at radius 1 is 1.37 bits per heavy atom. The topological polar surface area (TPSA) is 55.8 Å². The Hall–Kier alpha value is -1.71. The zero-order valence-electron chi connectivity index (χ0n) is 11.4. The molecule has 1 aliphatic rings. The van der Waals surface area contributed by atoms with Gasteiger partial charge in [0.1, 0.15) is 11.5 Å². The van der Waals surface area contributed by atoms with Crippen LogP contribution in [0.1, 0.15) is 38.2 Å². The molecule has 19 heavy (non-hydrogen) atoms. The van der Waals surface area contributed by atoms with Crippen molar-refractivity contribution in [1.29, 1.82) is 0 Å². The van der Waals surface area contributed by atoms with E-state index in [0.29, 0.717) is 30.9 Å². The lowest BCUT2D eigenvalue weighted by Gasteiger charge is -2.27. The van der Waals surface area contributed by atoms with Crippen LogP contribution in [-0.2, 0) is 10.2 Å². The van der Waals surface area contributed by atoms with E-state index in [9.17, 15) is 9.90 Å². The first-order chi connectivity index (χ1) is 9.14. The van der Waals surface area contributed by atoms with Gasteiger partial charge in [0.05, 0.1) is 19.1 Å². The molecule has 4 heteroatoms. The van der Waals surface area contributed by atoms with Crippen molar-refractivity contribution in [2.24, 2.45) is 0 Å². The minimum absolute atomic E-state index is 0.510. The number of ether oxygens (including phenoxy) is 2. The summed E-state index contributed by atoms with van der Waals surface area (Å²) in [7, 11) is 1.59. The van der Waals surface area contributed by atoms with Gasteiger partial charge >= 0.3 is 5.97 Å². The van der Waals surface area contributed by atoms with E-state index in [1.54, 1.807) is 19.2 Å². The summed E-state index contributed by atoms with van der Waals surface area (Å²) in [4.78, 5) is 11.7. The van der Waals surface area contributed by atoms with Crippen LogP contribution >= 0.6 is 0 Å². The van der Waals surface area contributed by atoms with Crippen LogP contribution in [0, 0.1) is 0 Å². The highest BCUT2D eigenvalue weighted by Gasteiger charge is 2.44. The molecule has 0 unspecified atom stereocenters. The summed E-state index contributed by atoms with van der Waals surface area (Å²) in [6, 6.07) is 5.42. The zero-order chi connectivity index (χ0) is 13.9. The summed E-state index contributed by atoms with van der Waals surface area (Å²) >= 11 is 0. The summed E-state index contributed by atoms with van der Waals surface area (Å²) in [5.74, 6) is 0.563. The van der Waals surface area contributed by atoms with Crippen molar-refractivity contribution < 1.29 is 19.4 Å². The molecule has 0 saturated heterocycles. The number of carbonyl (C=O) groups is 1. The summed E-state index contributed by atoms with van der Waals surface area (Å²) in [5, 5.41) is 9.65. The molecular formula is C15H20O4. The molecule has 104 valence electrons. The minimum atomic E-state index is -0.795. The SMILES string of the molecule is CCOc1cc(OC)ccc1C1(C(=O)O)CCCC1. The second kappa shape index (κ2) is 5.51. The second-order valence-electron chi connectivity index (χ2n) is 4.89. The fourth-order valence-electron chi connectivity index (χ4n) is 2.88. The average molecular weight is 264 g/mol. The van der Waals surface area contributed by atoms with Crippen molar-refractivity contribution in [2.45, 2.75) is 38.0 Å². The standard InChI is InChI=1S/C15H20O4/c1-3-19-13-10-11(18-2)6-7-12(13)15(14(16)17)8-4-5-9-15/h6-7,10H,3-5,8-9H2,1-2H3,(H,16,17). The highest BCUT2D eigenvalue weighted by atomic mass is 16.5. The van der Waals surface area contributed by atoms with Gasteiger partial charge in [-0.2, -0.15) is 0 Å². The first kappa shape index (κ1) is 13.7. The van der Waals surface area contributed by atoms with Gasteiger partial charge in [-0.15, -0.1) is 0 Å². The maximum atomic E-state index is 11.7. The van der Waals surface area contributed by atoms with Crippen molar-refractivity contribution in [2.75, 3.05) is 13.7 Å². The predicted octanol–water partition coefficient (Wildman–Crippen LogP) is 2.99. The molecule has 0 aromatic heterocycles. The van der Waals surface area contributed by atoms with Gasteiger partial charge in [-0.3, -0.25) is 4.79 Å². The van der Waals surface area contributed by atoms with Crippen LogP contribution in [0.25, 0.3) is 0 Å². The first-order valence-corrected chi connectivity index (χ1v) is 6.69. The third-order valence-electron chi connectivity index (χ3n) is 3.87. The van der Waals surface area contributed by atoms with E-state index in [2.05, 4.69) is 0 Å². The lowest BCUT2D eigenvalue weighted by atomic mass is 9.78. The van der Waals surface area contributed by atoms with Crippen LogP contribution in [0.4, 0.5) is 0 Å². The maximum Gasteiger partial charge on any atom is 0.314 e. The third kappa shape index (κ3) is 2.39. The largest absolute Gasteiger partial charge is 0.497 e. The predicted molar refractivity (Wildman–Crippen MR) is 71.9 cm³/mol. The van der Waals surface area contributed by atoms with Gasteiger partial charge in [-0.05, 0) is 25.8 Å². The molecule has 0 atom stereocenters. The maximum absolute atomic E-state index is 11.7. The van der Waals surface area contributed by atoms with Gasteiger partial charge in [0.15, 0.2) is 0 Å². The second-order valence-corrected chi connectivity index (χ2v) is 4.89. The van der Waals surface area contributed by atoms with Gasteiger partial charge in [0.2, 0.25) is 0 Å². The van der Waals surface area contributed by atoms with Crippen molar-refractivity contribution >= 4 is 5.97 Å². The van der Waals surface area contributed by atoms with Crippen LogP contribution in [0.3, 0.4) is 0 Å². The number of methoxy groups -OCH3 is 1. The molecule has 1 saturated carbocycles. The number of hydrogen-bond acceptors (Lipinski definition) is 3. The van der Waals surface area contributed by atoms with Crippen LogP contribution in [0.15, 0.2) is 18.2 Å². The van der Waals surface area contributed by atoms with Crippen LogP contribution < -0.4 is 9.47 Å². The number of carboxylic acids is 1. The van der Waals surface area contributed by atoms with Gasteiger partial charge in [-0.25, -0.2) is 0 Å². The zero-order valence-corrected chi connectivity index (χ0v) is 11.4. The summed E-state index contributed by atoms with van der Waals surface area (Å²) in [6.45, 7) is 2.40. The molecule has 0 amide bonds. The Bertz CT molecular complexity index is 461. The molecular weight excluding hydrogens is 244 g/mol. The van der Waals surface area contributed by atoms with Crippen LogP contribution in [0.2, 0.25) is 0 Å². The number of hydrogen-bond donors (Lipinski definition) is 1. The smallest absolute Gasteiger partial charge is 0.314 e. The van der Waals surface area contributed by atoms with E-state index >= 15 is 0 Å². The van der Waals surface area contributed by atoms with E-state index < -0.39 is 11.4 Å². The highest BCUT2D eigenvalue weighted by Crippen LogP contribution is 2.45. The quantitative estimate of drug-likeness (QED) is 0.888. The van der Waals surface area contributed by atoms with Gasteiger partial charge in [-0.1, -0.05) is 18.9 Å². The average Bonchev–Trinajstić information content (AvgIpc) is 2.89. The lowest BCUT2D eigenvalue weighted by Crippen LogP contribution is -2.33. The summed E-state index contributed by atoms with van der Waals surface area (Å²) in [5.41, 5.74) is -0.0169. The molecule has 0 spiro atoms. The third-order valence-corrected chi connectivity index (χ3v) is 3.87. The van der Waals surface area contributed by atoms with E-state index in [4.69, 9.17) is 9.47 Å². The summed E-state index contributed by atoms with van der Waals surface area (Å²) < 4.78 is 10.8. The number of aliphatic carboxylic acids is 1. The first-order valence-electron chi connectivity index (χ1n) is 6.69. The van der Waals surface area contributed by atoms with E-state index in [-0.39, 0.29) is 0 Å². The Kier molecular flexibility index (Phi) is 3.98. The van der Waals surface area contributed by atoms with E-state index in [1.165, 1.54) is 0 Å². The van der Waals surface area contributed by atoms with Crippen molar-refractivity contribution in [3.63, 3.8) is 0 Å². The molecule has 1 aromatic rings. The minimum Gasteiger partial charge on any atom is -0.497 e. The van der Waals surface area contributed by atoms with Crippen molar-refractivity contribution in [3.05, 3.63) is 23.8 Å². The van der Waals surface area contributed by atoms with Crippen molar-refractivity contribution in [3.8, 4) is 11.5 Å².